The monoisotopic (exact) mass is 430 g/mol. The number of benzene rings is 3. The Bertz CT molecular complexity index is 1150. The number of aromatic nitrogens is 1. The number of fused-ring (bicyclic) bond motifs is 1. The molecule has 32 heavy (non-hydrogen) atoms. The Morgan fingerprint density at radius 1 is 0.844 bits per heavy atom. The van der Waals surface area contributed by atoms with Crippen LogP contribution in [0, 0.1) is 0 Å². The van der Waals surface area contributed by atoms with Crippen LogP contribution >= 0.6 is 0 Å². The molecule has 0 unspecified atom stereocenters. The van der Waals surface area contributed by atoms with Gasteiger partial charge in [0.05, 0.1) is 12.6 Å². The van der Waals surface area contributed by atoms with E-state index in [1.165, 1.54) is 12.7 Å². The highest BCUT2D eigenvalue weighted by Crippen LogP contribution is 2.36. The molecule has 5 nitrogen and oxygen atoms in total. The Balaban J connectivity index is 0.00000141. The largest absolute Gasteiger partial charge is 0.504 e. The summed E-state index contributed by atoms with van der Waals surface area (Å²) >= 11 is 0. The average Bonchev–Trinajstić information content (AvgIpc) is 2.82. The third-order valence-corrected chi connectivity index (χ3v) is 4.95. The minimum Gasteiger partial charge on any atom is -0.504 e. The number of pyridine rings is 1. The van der Waals surface area contributed by atoms with Crippen molar-refractivity contribution in [2.75, 3.05) is 12.4 Å². The molecule has 166 valence electrons. The van der Waals surface area contributed by atoms with Crippen molar-refractivity contribution >= 4 is 22.3 Å². The lowest BCUT2D eigenvalue weighted by Gasteiger charge is -2.12. The molecular weight excluding hydrogens is 400 g/mol. The molecule has 0 fully saturated rings. The van der Waals surface area contributed by atoms with Gasteiger partial charge in [0, 0.05) is 29.0 Å². The minimum absolute atomic E-state index is 0.0477. The number of hydrogen-bond acceptors (Lipinski definition) is 5. The van der Waals surface area contributed by atoms with Gasteiger partial charge in [-0.15, -0.1) is 0 Å². The lowest BCUT2D eigenvalue weighted by Crippen LogP contribution is -1.93. The maximum absolute atomic E-state index is 9.97. The number of rotatable bonds is 6. The first-order chi connectivity index (χ1) is 15.5. The number of aromatic hydroxyl groups is 1. The summed E-state index contributed by atoms with van der Waals surface area (Å²) in [5.74, 6) is 2.29. The van der Waals surface area contributed by atoms with E-state index < -0.39 is 0 Å². The number of anilines is 2. The number of nitrogens with zero attached hydrogens (tertiary/aromatic N) is 1. The van der Waals surface area contributed by atoms with Gasteiger partial charge in [0.1, 0.15) is 11.5 Å². The summed E-state index contributed by atoms with van der Waals surface area (Å²) in [6.45, 7) is 8.37. The van der Waals surface area contributed by atoms with Crippen LogP contribution in [-0.4, -0.2) is 17.2 Å². The van der Waals surface area contributed by atoms with Crippen LogP contribution in [0.4, 0.5) is 11.4 Å². The van der Waals surface area contributed by atoms with Crippen molar-refractivity contribution < 1.29 is 14.6 Å². The maximum atomic E-state index is 9.97. The van der Waals surface area contributed by atoms with E-state index in [-0.39, 0.29) is 5.75 Å². The van der Waals surface area contributed by atoms with Crippen molar-refractivity contribution in [3.05, 3.63) is 78.5 Å². The fourth-order valence-corrected chi connectivity index (χ4v) is 3.24. The summed E-state index contributed by atoms with van der Waals surface area (Å²) in [5.41, 5.74) is 3.97. The Hall–Kier alpha value is -3.73. The van der Waals surface area contributed by atoms with E-state index in [2.05, 4.69) is 48.4 Å². The normalized spacial score (nSPS) is 10.4. The van der Waals surface area contributed by atoms with Crippen molar-refractivity contribution in [3.63, 3.8) is 0 Å². The molecule has 0 amide bonds. The summed E-state index contributed by atoms with van der Waals surface area (Å²) in [4.78, 5) is 4.29. The van der Waals surface area contributed by atoms with Gasteiger partial charge >= 0.3 is 0 Å². The summed E-state index contributed by atoms with van der Waals surface area (Å²) in [5, 5.41) is 14.1. The van der Waals surface area contributed by atoms with E-state index in [1.54, 1.807) is 24.4 Å². The van der Waals surface area contributed by atoms with Crippen LogP contribution in [0.3, 0.4) is 0 Å². The predicted octanol–water partition coefficient (Wildman–Crippen LogP) is 7.63. The van der Waals surface area contributed by atoms with Crippen LogP contribution in [0.25, 0.3) is 10.9 Å². The first kappa shape index (κ1) is 22.9. The quantitative estimate of drug-likeness (QED) is 0.329. The van der Waals surface area contributed by atoms with Gasteiger partial charge in [-0.05, 0) is 60.0 Å². The Morgan fingerprint density at radius 3 is 2.06 bits per heavy atom. The summed E-state index contributed by atoms with van der Waals surface area (Å²) in [6.07, 6.45) is 1.65. The van der Waals surface area contributed by atoms with Crippen LogP contribution < -0.4 is 14.8 Å². The van der Waals surface area contributed by atoms with Gasteiger partial charge in [0.15, 0.2) is 11.5 Å². The van der Waals surface area contributed by atoms with Gasteiger partial charge in [-0.2, -0.15) is 0 Å². The molecule has 4 rings (SSSR count). The lowest BCUT2D eigenvalue weighted by molar-refractivity contribution is 0.374. The predicted molar refractivity (Wildman–Crippen MR) is 132 cm³/mol. The molecule has 0 bridgehead atoms. The van der Waals surface area contributed by atoms with Gasteiger partial charge in [-0.25, -0.2) is 0 Å². The van der Waals surface area contributed by atoms with E-state index in [9.17, 15) is 5.11 Å². The molecule has 0 saturated heterocycles. The highest BCUT2D eigenvalue weighted by molar-refractivity contribution is 5.88. The zero-order valence-electron chi connectivity index (χ0n) is 19.2. The second-order valence-electron chi connectivity index (χ2n) is 7.38. The zero-order chi connectivity index (χ0) is 23.1. The molecule has 0 saturated carbocycles. The fraction of sp³-hybridized carbons (Fsp3) is 0.222. The second kappa shape index (κ2) is 10.5. The molecule has 5 heteroatoms. The van der Waals surface area contributed by atoms with Crippen LogP contribution in [0.2, 0.25) is 0 Å². The Morgan fingerprint density at radius 2 is 1.47 bits per heavy atom. The van der Waals surface area contributed by atoms with Crippen molar-refractivity contribution in [3.8, 4) is 23.0 Å². The summed E-state index contributed by atoms with van der Waals surface area (Å²) in [6, 6.07) is 21.3. The second-order valence-corrected chi connectivity index (χ2v) is 7.38. The molecule has 4 aromatic rings. The van der Waals surface area contributed by atoms with Crippen LogP contribution in [-0.2, 0) is 0 Å². The molecule has 0 aliphatic rings. The summed E-state index contributed by atoms with van der Waals surface area (Å²) in [7, 11) is 1.51. The number of nitrogens with one attached hydrogen (secondary N) is 1. The first-order valence-electron chi connectivity index (χ1n) is 10.8. The topological polar surface area (TPSA) is 63.6 Å². The molecule has 3 aromatic carbocycles. The number of phenolic OH excluding ortho intramolecular Hbond substituents is 1. The number of methoxy groups -OCH3 is 1. The van der Waals surface area contributed by atoms with Gasteiger partial charge in [-0.3, -0.25) is 4.98 Å². The molecule has 0 aliphatic carbocycles. The average molecular weight is 431 g/mol. The van der Waals surface area contributed by atoms with E-state index >= 15 is 0 Å². The standard InChI is InChI=1S/C25H24N2O3.C2H6/c1-16(2)17-4-6-18(7-5-17)27-19-8-10-20(11-9-19)30-24-12-13-26-22-15-23(28)25(29-3)14-21(22)24;1-2/h4-16,27-28H,1-3H3;1-2H3. The Labute approximate surface area is 189 Å². The Kier molecular flexibility index (Phi) is 7.55. The molecule has 0 aliphatic heterocycles. The van der Waals surface area contributed by atoms with Crippen LogP contribution in [0.5, 0.6) is 23.0 Å². The van der Waals surface area contributed by atoms with E-state index in [0.29, 0.717) is 28.7 Å². The van der Waals surface area contributed by atoms with Gasteiger partial charge in [0.25, 0.3) is 0 Å². The van der Waals surface area contributed by atoms with Crippen molar-refractivity contribution in [1.29, 1.82) is 0 Å². The van der Waals surface area contributed by atoms with Crippen molar-refractivity contribution in [2.45, 2.75) is 33.6 Å². The molecule has 0 atom stereocenters. The van der Waals surface area contributed by atoms with Crippen molar-refractivity contribution in [2.24, 2.45) is 0 Å². The maximum Gasteiger partial charge on any atom is 0.161 e. The van der Waals surface area contributed by atoms with Crippen molar-refractivity contribution in [1.82, 2.24) is 4.98 Å². The third-order valence-electron chi connectivity index (χ3n) is 4.95. The van der Waals surface area contributed by atoms with E-state index in [0.717, 1.165) is 16.8 Å². The summed E-state index contributed by atoms with van der Waals surface area (Å²) < 4.78 is 11.3. The first-order valence-corrected chi connectivity index (χ1v) is 10.8. The molecule has 2 N–H and O–H groups in total. The molecular formula is C27H30N2O3. The number of phenols is 1. The van der Waals surface area contributed by atoms with Gasteiger partial charge in [-0.1, -0.05) is 39.8 Å². The highest BCUT2D eigenvalue weighted by Gasteiger charge is 2.10. The zero-order valence-corrected chi connectivity index (χ0v) is 19.2. The molecule has 0 spiro atoms. The third kappa shape index (κ3) is 5.30. The van der Waals surface area contributed by atoms with Gasteiger partial charge < -0.3 is 19.9 Å². The van der Waals surface area contributed by atoms with E-state index in [4.69, 9.17) is 9.47 Å². The minimum atomic E-state index is 0.0477. The van der Waals surface area contributed by atoms with Crippen LogP contribution in [0.15, 0.2) is 72.9 Å². The molecule has 0 radical (unpaired) electrons. The highest BCUT2D eigenvalue weighted by atomic mass is 16.5. The smallest absolute Gasteiger partial charge is 0.161 e. The lowest BCUT2D eigenvalue weighted by atomic mass is 10.0. The van der Waals surface area contributed by atoms with E-state index in [1.807, 2.05) is 38.1 Å². The number of hydrogen-bond donors (Lipinski definition) is 2. The molecule has 1 aromatic heterocycles. The number of ether oxygens (including phenoxy) is 2. The fourth-order valence-electron chi connectivity index (χ4n) is 3.24. The van der Waals surface area contributed by atoms with Crippen LogP contribution in [0.1, 0.15) is 39.2 Å². The SMILES string of the molecule is CC.COc1cc2c(Oc3ccc(Nc4ccc(C(C)C)cc4)cc3)ccnc2cc1O. The molecule has 1 heterocycles. The van der Waals surface area contributed by atoms with Gasteiger partial charge in [0.2, 0.25) is 0 Å².